The van der Waals surface area contributed by atoms with Crippen LogP contribution in [-0.2, 0) is 0 Å². The maximum absolute atomic E-state index is 12.7. The molecule has 0 unspecified atom stereocenters. The van der Waals surface area contributed by atoms with Gasteiger partial charge in [0.1, 0.15) is 0 Å². The van der Waals surface area contributed by atoms with Crippen molar-refractivity contribution in [2.24, 2.45) is 0 Å². The molecule has 2 aromatic heterocycles. The average molecular weight is 350 g/mol. The van der Waals surface area contributed by atoms with E-state index in [2.05, 4.69) is 15.3 Å². The van der Waals surface area contributed by atoms with E-state index >= 15 is 0 Å². The molecule has 0 aliphatic carbocycles. The van der Waals surface area contributed by atoms with Crippen LogP contribution < -0.4 is 5.32 Å². The van der Waals surface area contributed by atoms with E-state index < -0.39 is 0 Å². The number of fused-ring (bicyclic) bond motifs is 1. The minimum Gasteiger partial charge on any atom is -0.443 e. The summed E-state index contributed by atoms with van der Waals surface area (Å²) in [6.07, 6.45) is 2.94. The van der Waals surface area contributed by atoms with Gasteiger partial charge in [-0.15, -0.1) is 0 Å². The highest BCUT2D eigenvalue weighted by Gasteiger charge is 2.20. The zero-order chi connectivity index (χ0) is 17.2. The first-order chi connectivity index (χ1) is 12.2. The van der Waals surface area contributed by atoms with Crippen molar-refractivity contribution in [3.8, 4) is 11.3 Å². The number of halogens is 1. The van der Waals surface area contributed by atoms with Crippen LogP contribution in [0.25, 0.3) is 22.2 Å². The van der Waals surface area contributed by atoms with Gasteiger partial charge in [0.15, 0.2) is 17.8 Å². The molecule has 5 nitrogen and oxygen atoms in total. The number of amides is 1. The molecule has 4 rings (SSSR count). The summed E-state index contributed by atoms with van der Waals surface area (Å²) in [6, 6.07) is 16.4. The van der Waals surface area contributed by atoms with Crippen LogP contribution in [0.4, 0.5) is 5.69 Å². The molecular weight excluding hydrogens is 338 g/mol. The smallest absolute Gasteiger partial charge is 0.278 e. The predicted octanol–water partition coefficient (Wildman–Crippen LogP) is 4.80. The van der Waals surface area contributed by atoms with Crippen molar-refractivity contribution >= 4 is 34.1 Å². The quantitative estimate of drug-likeness (QED) is 0.577. The molecule has 122 valence electrons. The molecule has 0 radical (unpaired) electrons. The Morgan fingerprint density at radius 2 is 1.88 bits per heavy atom. The lowest BCUT2D eigenvalue weighted by molar-refractivity contribution is 0.102. The third-order valence-electron chi connectivity index (χ3n) is 3.79. The first kappa shape index (κ1) is 15.4. The van der Waals surface area contributed by atoms with E-state index in [1.54, 1.807) is 18.3 Å². The second-order valence-corrected chi connectivity index (χ2v) is 5.75. The van der Waals surface area contributed by atoms with Crippen molar-refractivity contribution in [2.45, 2.75) is 0 Å². The predicted molar refractivity (Wildman–Crippen MR) is 96.6 cm³/mol. The Hall–Kier alpha value is -3.18. The summed E-state index contributed by atoms with van der Waals surface area (Å²) >= 11 is 6.20. The van der Waals surface area contributed by atoms with Gasteiger partial charge in [0.05, 0.1) is 16.2 Å². The molecule has 0 bridgehead atoms. The molecule has 4 aromatic rings. The number of nitrogens with zero attached hydrogens (tertiary/aromatic N) is 2. The Morgan fingerprint density at radius 1 is 1.00 bits per heavy atom. The van der Waals surface area contributed by atoms with Crippen LogP contribution in [0.5, 0.6) is 0 Å². The maximum atomic E-state index is 12.7. The van der Waals surface area contributed by atoms with Gasteiger partial charge in [0.2, 0.25) is 0 Å². The van der Waals surface area contributed by atoms with Gasteiger partial charge >= 0.3 is 0 Å². The topological polar surface area (TPSA) is 68.0 Å². The van der Waals surface area contributed by atoms with E-state index in [0.717, 1.165) is 10.9 Å². The fraction of sp³-hybridized carbons (Fsp3) is 0. The minimum atomic E-state index is -0.375. The lowest BCUT2D eigenvalue weighted by Crippen LogP contribution is -2.13. The average Bonchev–Trinajstić information content (AvgIpc) is 3.12. The van der Waals surface area contributed by atoms with Gasteiger partial charge in [-0.05, 0) is 36.4 Å². The van der Waals surface area contributed by atoms with Crippen LogP contribution in [0.1, 0.15) is 10.5 Å². The minimum absolute atomic E-state index is 0.175. The molecule has 25 heavy (non-hydrogen) atoms. The van der Waals surface area contributed by atoms with Crippen LogP contribution in [0, 0.1) is 0 Å². The Bertz CT molecular complexity index is 1070. The fourth-order valence-electron chi connectivity index (χ4n) is 2.64. The first-order valence-electron chi connectivity index (χ1n) is 7.57. The van der Waals surface area contributed by atoms with E-state index in [-0.39, 0.29) is 11.6 Å². The van der Waals surface area contributed by atoms with Crippen molar-refractivity contribution in [2.75, 3.05) is 5.32 Å². The Labute approximate surface area is 148 Å². The van der Waals surface area contributed by atoms with E-state index in [1.807, 2.05) is 42.5 Å². The standard InChI is InChI=1S/C19H12ClN3O2/c20-14-7-2-1-5-12(14)18-17(22-11-25-18)19(24)23-16-9-3-8-15-13(16)6-4-10-21-15/h1-11H,(H,23,24). The van der Waals surface area contributed by atoms with Crippen molar-refractivity contribution in [1.82, 2.24) is 9.97 Å². The number of rotatable bonds is 3. The molecule has 1 amide bonds. The first-order valence-corrected chi connectivity index (χ1v) is 7.95. The number of nitrogens with one attached hydrogen (secondary N) is 1. The van der Waals surface area contributed by atoms with Crippen LogP contribution >= 0.6 is 11.6 Å². The fourth-order valence-corrected chi connectivity index (χ4v) is 2.86. The van der Waals surface area contributed by atoms with Crippen LogP contribution in [0.2, 0.25) is 5.02 Å². The molecule has 0 aliphatic rings. The molecule has 0 fully saturated rings. The normalized spacial score (nSPS) is 10.8. The SMILES string of the molecule is O=C(Nc1cccc2ncccc12)c1ncoc1-c1ccccc1Cl. The summed E-state index contributed by atoms with van der Waals surface area (Å²) in [5.74, 6) is -0.0403. The summed E-state index contributed by atoms with van der Waals surface area (Å²) in [5, 5.41) is 4.21. The van der Waals surface area contributed by atoms with Crippen molar-refractivity contribution in [3.05, 3.63) is 77.9 Å². The number of hydrogen-bond donors (Lipinski definition) is 1. The summed E-state index contributed by atoms with van der Waals surface area (Å²) in [4.78, 5) is 21.1. The number of carbonyl (C=O) groups is 1. The summed E-state index contributed by atoms with van der Waals surface area (Å²) in [7, 11) is 0. The van der Waals surface area contributed by atoms with E-state index in [1.165, 1.54) is 6.39 Å². The lowest BCUT2D eigenvalue weighted by Gasteiger charge is -2.08. The molecular formula is C19H12ClN3O2. The molecule has 0 saturated carbocycles. The van der Waals surface area contributed by atoms with Gasteiger partial charge in [-0.1, -0.05) is 29.8 Å². The molecule has 2 aromatic carbocycles. The highest BCUT2D eigenvalue weighted by atomic mass is 35.5. The number of carbonyl (C=O) groups excluding carboxylic acids is 1. The van der Waals surface area contributed by atoms with Crippen molar-refractivity contribution in [3.63, 3.8) is 0 Å². The van der Waals surface area contributed by atoms with Gasteiger partial charge in [-0.25, -0.2) is 4.98 Å². The molecule has 2 heterocycles. The highest BCUT2D eigenvalue weighted by Crippen LogP contribution is 2.30. The molecule has 6 heteroatoms. The van der Waals surface area contributed by atoms with Crippen molar-refractivity contribution < 1.29 is 9.21 Å². The molecule has 0 saturated heterocycles. The Balaban J connectivity index is 1.71. The van der Waals surface area contributed by atoms with E-state index in [9.17, 15) is 4.79 Å². The summed E-state index contributed by atoms with van der Waals surface area (Å²) in [6.45, 7) is 0. The molecule has 0 aliphatic heterocycles. The van der Waals surface area contributed by atoms with Crippen LogP contribution in [0.15, 0.2) is 71.6 Å². The third kappa shape index (κ3) is 2.86. The van der Waals surface area contributed by atoms with Crippen LogP contribution in [-0.4, -0.2) is 15.9 Å². The van der Waals surface area contributed by atoms with Gasteiger partial charge in [0.25, 0.3) is 5.91 Å². The number of aromatic nitrogens is 2. The van der Waals surface area contributed by atoms with Gasteiger partial charge in [-0.3, -0.25) is 9.78 Å². The Morgan fingerprint density at radius 3 is 2.76 bits per heavy atom. The second kappa shape index (κ2) is 6.37. The molecule has 1 N–H and O–H groups in total. The number of oxazole rings is 1. The number of hydrogen-bond acceptors (Lipinski definition) is 4. The zero-order valence-electron chi connectivity index (χ0n) is 12.9. The number of anilines is 1. The summed E-state index contributed by atoms with van der Waals surface area (Å²) in [5.41, 5.74) is 2.25. The highest BCUT2D eigenvalue weighted by molar-refractivity contribution is 6.33. The number of benzene rings is 2. The van der Waals surface area contributed by atoms with Gasteiger partial charge in [0, 0.05) is 17.1 Å². The Kier molecular flexibility index (Phi) is 3.91. The van der Waals surface area contributed by atoms with E-state index in [4.69, 9.17) is 16.0 Å². The number of pyridine rings is 1. The second-order valence-electron chi connectivity index (χ2n) is 5.34. The molecule has 0 atom stereocenters. The van der Waals surface area contributed by atoms with E-state index in [0.29, 0.717) is 22.0 Å². The summed E-state index contributed by atoms with van der Waals surface area (Å²) < 4.78 is 5.41. The van der Waals surface area contributed by atoms with Crippen LogP contribution in [0.3, 0.4) is 0 Å². The zero-order valence-corrected chi connectivity index (χ0v) is 13.7. The van der Waals surface area contributed by atoms with Crippen molar-refractivity contribution in [1.29, 1.82) is 0 Å². The largest absolute Gasteiger partial charge is 0.443 e. The van der Waals surface area contributed by atoms with Gasteiger partial charge < -0.3 is 9.73 Å². The third-order valence-corrected chi connectivity index (χ3v) is 4.12. The molecule has 0 spiro atoms. The monoisotopic (exact) mass is 349 g/mol. The maximum Gasteiger partial charge on any atom is 0.278 e. The lowest BCUT2D eigenvalue weighted by atomic mass is 10.1. The van der Waals surface area contributed by atoms with Gasteiger partial charge in [-0.2, -0.15) is 0 Å².